The summed E-state index contributed by atoms with van der Waals surface area (Å²) in [6.45, 7) is 4.80. The fourth-order valence-corrected chi connectivity index (χ4v) is 5.89. The molecule has 1 amide bonds. The number of aromatic nitrogens is 1. The first-order chi connectivity index (χ1) is 14.8. The molecule has 0 bridgehead atoms. The minimum Gasteiger partial charge on any atom is -0.462 e. The van der Waals surface area contributed by atoms with Gasteiger partial charge in [-0.3, -0.25) is 4.79 Å². The molecule has 0 saturated carbocycles. The van der Waals surface area contributed by atoms with Crippen LogP contribution in [0, 0.1) is 6.92 Å². The van der Waals surface area contributed by atoms with E-state index in [0.717, 1.165) is 37.0 Å². The van der Waals surface area contributed by atoms with Crippen LogP contribution < -0.4 is 4.80 Å². The molecule has 2 heterocycles. The second kappa shape index (κ2) is 9.88. The van der Waals surface area contributed by atoms with Crippen molar-refractivity contribution in [1.29, 1.82) is 0 Å². The largest absolute Gasteiger partial charge is 0.462 e. The van der Waals surface area contributed by atoms with E-state index < -0.39 is 21.9 Å². The Morgan fingerprint density at radius 2 is 1.71 bits per heavy atom. The molecule has 0 N–H and O–H groups in total. The number of amides is 1. The molecule has 31 heavy (non-hydrogen) atoms. The number of sulfonamides is 1. The third-order valence-electron chi connectivity index (χ3n) is 5.27. The van der Waals surface area contributed by atoms with Crippen LogP contribution in [0.4, 0.5) is 0 Å². The molecule has 1 aliphatic rings. The van der Waals surface area contributed by atoms with Crippen LogP contribution in [0.15, 0.2) is 34.2 Å². The van der Waals surface area contributed by atoms with E-state index in [0.29, 0.717) is 28.5 Å². The monoisotopic (exact) mass is 465 g/mol. The van der Waals surface area contributed by atoms with Crippen LogP contribution in [-0.4, -0.2) is 48.9 Å². The lowest BCUT2D eigenvalue weighted by Gasteiger charge is -2.19. The molecule has 0 atom stereocenters. The number of hydrogen-bond acceptors (Lipinski definition) is 6. The smallest absolute Gasteiger partial charge is 0.350 e. The second-order valence-corrected chi connectivity index (χ2v) is 10.3. The van der Waals surface area contributed by atoms with Crippen molar-refractivity contribution >= 4 is 33.2 Å². The number of nitrogens with zero attached hydrogens (tertiary/aromatic N) is 3. The van der Waals surface area contributed by atoms with Crippen LogP contribution >= 0.6 is 11.3 Å². The lowest BCUT2D eigenvalue weighted by Crippen LogP contribution is -2.31. The Kier molecular flexibility index (Phi) is 7.45. The summed E-state index contributed by atoms with van der Waals surface area (Å²) in [7, 11) is -1.85. The van der Waals surface area contributed by atoms with E-state index in [9.17, 15) is 18.0 Å². The summed E-state index contributed by atoms with van der Waals surface area (Å²) in [5.74, 6) is -0.955. The van der Waals surface area contributed by atoms with E-state index in [1.54, 1.807) is 25.5 Å². The lowest BCUT2D eigenvalue weighted by atomic mass is 10.2. The maximum Gasteiger partial charge on any atom is 0.350 e. The number of thiazole rings is 1. The highest BCUT2D eigenvalue weighted by Crippen LogP contribution is 2.21. The summed E-state index contributed by atoms with van der Waals surface area (Å²) < 4.78 is 34.0. The van der Waals surface area contributed by atoms with Crippen molar-refractivity contribution < 1.29 is 22.7 Å². The third kappa shape index (κ3) is 5.13. The molecular formula is C21H27N3O5S2. The Morgan fingerprint density at radius 3 is 2.29 bits per heavy atom. The van der Waals surface area contributed by atoms with Gasteiger partial charge in [0.25, 0.3) is 5.91 Å². The summed E-state index contributed by atoms with van der Waals surface area (Å²) in [6.07, 6.45) is 3.80. The SMILES string of the molecule is CCOC(=O)c1sc(=NC(=O)c2ccc(S(=O)(=O)N3CCCCCC3)cc2)n(C)c1C. The first-order valence-corrected chi connectivity index (χ1v) is 12.5. The van der Waals surface area contributed by atoms with E-state index >= 15 is 0 Å². The second-order valence-electron chi connectivity index (χ2n) is 7.34. The summed E-state index contributed by atoms with van der Waals surface area (Å²) in [4.78, 5) is 29.8. The number of esters is 1. The zero-order valence-electron chi connectivity index (χ0n) is 18.0. The Balaban J connectivity index is 1.84. The van der Waals surface area contributed by atoms with Crippen molar-refractivity contribution in [2.75, 3.05) is 19.7 Å². The molecule has 1 aromatic carbocycles. The standard InChI is InChI=1S/C21H27N3O5S2/c1-4-29-20(26)18-15(2)23(3)21(30-18)22-19(25)16-9-11-17(12-10-16)31(27,28)24-13-7-5-6-8-14-24/h9-12H,4-8,13-14H2,1-3H3. The molecule has 0 unspecified atom stereocenters. The molecule has 1 aliphatic heterocycles. The van der Waals surface area contributed by atoms with Gasteiger partial charge in [0.1, 0.15) is 4.88 Å². The van der Waals surface area contributed by atoms with Gasteiger partial charge in [0, 0.05) is 31.4 Å². The highest BCUT2D eigenvalue weighted by atomic mass is 32.2. The van der Waals surface area contributed by atoms with E-state index in [-0.39, 0.29) is 17.1 Å². The zero-order valence-corrected chi connectivity index (χ0v) is 19.6. The van der Waals surface area contributed by atoms with Crippen molar-refractivity contribution in [2.24, 2.45) is 12.0 Å². The molecule has 0 aliphatic carbocycles. The number of rotatable bonds is 5. The first kappa shape index (κ1) is 23.4. The van der Waals surface area contributed by atoms with Gasteiger partial charge in [-0.1, -0.05) is 24.2 Å². The molecule has 1 fully saturated rings. The minimum atomic E-state index is -3.57. The summed E-state index contributed by atoms with van der Waals surface area (Å²) in [5.41, 5.74) is 0.937. The zero-order chi connectivity index (χ0) is 22.6. The molecule has 8 nitrogen and oxygen atoms in total. The minimum absolute atomic E-state index is 0.174. The molecule has 2 aromatic rings. The summed E-state index contributed by atoms with van der Waals surface area (Å²) in [5, 5.41) is 0. The number of hydrogen-bond donors (Lipinski definition) is 0. The van der Waals surface area contributed by atoms with Crippen LogP contribution in [0.2, 0.25) is 0 Å². The van der Waals surface area contributed by atoms with Crippen molar-refractivity contribution in [3.8, 4) is 0 Å². The van der Waals surface area contributed by atoms with Crippen LogP contribution in [0.25, 0.3) is 0 Å². The number of benzene rings is 1. The summed E-state index contributed by atoms with van der Waals surface area (Å²) in [6, 6.07) is 5.85. The van der Waals surface area contributed by atoms with Crippen molar-refractivity contribution in [3.05, 3.63) is 45.2 Å². The van der Waals surface area contributed by atoms with Crippen LogP contribution in [0.5, 0.6) is 0 Å². The fraction of sp³-hybridized carbons (Fsp3) is 0.476. The molecule has 1 aromatic heterocycles. The molecular weight excluding hydrogens is 438 g/mol. The van der Waals surface area contributed by atoms with E-state index in [4.69, 9.17) is 4.74 Å². The quantitative estimate of drug-likeness (QED) is 0.633. The lowest BCUT2D eigenvalue weighted by molar-refractivity contribution is 0.0530. The van der Waals surface area contributed by atoms with Gasteiger partial charge in [-0.25, -0.2) is 13.2 Å². The Hall–Kier alpha value is -2.30. The van der Waals surface area contributed by atoms with Crippen LogP contribution in [0.3, 0.4) is 0 Å². The normalized spacial score (nSPS) is 16.2. The van der Waals surface area contributed by atoms with Gasteiger partial charge in [-0.05, 0) is 51.0 Å². The molecule has 168 valence electrons. The van der Waals surface area contributed by atoms with Gasteiger partial charge in [0.05, 0.1) is 11.5 Å². The maximum atomic E-state index is 12.9. The highest BCUT2D eigenvalue weighted by Gasteiger charge is 2.25. The fourth-order valence-electron chi connectivity index (χ4n) is 3.37. The molecule has 3 rings (SSSR count). The predicted octanol–water partition coefficient (Wildman–Crippen LogP) is 2.88. The number of carbonyl (C=O) groups is 2. The maximum absolute atomic E-state index is 12.9. The molecule has 1 saturated heterocycles. The third-order valence-corrected chi connectivity index (χ3v) is 8.40. The van der Waals surface area contributed by atoms with Gasteiger partial charge < -0.3 is 9.30 Å². The van der Waals surface area contributed by atoms with E-state index in [2.05, 4.69) is 4.99 Å². The average molecular weight is 466 g/mol. The Bertz CT molecular complexity index is 1120. The van der Waals surface area contributed by atoms with Crippen LogP contribution in [-0.2, 0) is 21.8 Å². The summed E-state index contributed by atoms with van der Waals surface area (Å²) >= 11 is 1.08. The van der Waals surface area contributed by atoms with Gasteiger partial charge in [0.15, 0.2) is 4.80 Å². The average Bonchev–Trinajstić information content (AvgIpc) is 2.95. The van der Waals surface area contributed by atoms with Crippen molar-refractivity contribution in [3.63, 3.8) is 0 Å². The van der Waals surface area contributed by atoms with Gasteiger partial charge in [0.2, 0.25) is 10.0 Å². The topological polar surface area (TPSA) is 98.0 Å². The van der Waals surface area contributed by atoms with Crippen LogP contribution in [0.1, 0.15) is 58.3 Å². The van der Waals surface area contributed by atoms with E-state index in [1.165, 1.54) is 28.6 Å². The first-order valence-electron chi connectivity index (χ1n) is 10.3. The number of ether oxygens (including phenoxy) is 1. The highest BCUT2D eigenvalue weighted by molar-refractivity contribution is 7.89. The van der Waals surface area contributed by atoms with E-state index in [1.807, 2.05) is 0 Å². The molecule has 10 heteroatoms. The molecule has 0 radical (unpaired) electrons. The Labute approximate surface area is 186 Å². The Morgan fingerprint density at radius 1 is 1.10 bits per heavy atom. The van der Waals surface area contributed by atoms with Crippen molar-refractivity contribution in [2.45, 2.75) is 44.4 Å². The van der Waals surface area contributed by atoms with Crippen molar-refractivity contribution in [1.82, 2.24) is 8.87 Å². The van der Waals surface area contributed by atoms with Gasteiger partial charge in [-0.2, -0.15) is 9.30 Å². The predicted molar refractivity (Wildman–Crippen MR) is 118 cm³/mol. The van der Waals surface area contributed by atoms with Gasteiger partial charge in [-0.15, -0.1) is 0 Å². The number of carbonyl (C=O) groups excluding carboxylic acids is 2. The molecule has 0 spiro atoms. The van der Waals surface area contributed by atoms with Gasteiger partial charge >= 0.3 is 5.97 Å².